The van der Waals surface area contributed by atoms with Crippen LogP contribution in [0.4, 0.5) is 0 Å². The van der Waals surface area contributed by atoms with Crippen molar-refractivity contribution in [3.63, 3.8) is 0 Å². The van der Waals surface area contributed by atoms with Gasteiger partial charge in [-0.3, -0.25) is 4.90 Å². The summed E-state index contributed by atoms with van der Waals surface area (Å²) in [5.41, 5.74) is 1.05. The maximum atomic E-state index is 12.9. The Labute approximate surface area is 159 Å². The van der Waals surface area contributed by atoms with E-state index in [1.807, 2.05) is 18.2 Å². The normalized spacial score (nSPS) is 21.8. The number of thiazole rings is 1. The monoisotopic (exact) mass is 394 g/mol. The van der Waals surface area contributed by atoms with Crippen molar-refractivity contribution in [2.45, 2.75) is 32.2 Å². The summed E-state index contributed by atoms with van der Waals surface area (Å²) in [5, 5.41) is 1.11. The highest BCUT2D eigenvalue weighted by Gasteiger charge is 2.32. The molecule has 0 spiro atoms. The van der Waals surface area contributed by atoms with E-state index in [1.165, 1.54) is 4.70 Å². The van der Waals surface area contributed by atoms with Crippen LogP contribution in [0, 0.1) is 0 Å². The molecule has 2 aliphatic heterocycles. The van der Waals surface area contributed by atoms with Crippen LogP contribution in [0.3, 0.4) is 0 Å². The Morgan fingerprint density at radius 1 is 0.885 bits per heavy atom. The van der Waals surface area contributed by atoms with Gasteiger partial charge in [-0.25, -0.2) is 4.98 Å². The number of rotatable bonds is 4. The molecule has 1 aromatic carbocycles. The molecule has 0 saturated carbocycles. The Morgan fingerprint density at radius 3 is 2.23 bits per heavy atom. The lowest BCUT2D eigenvalue weighted by Crippen LogP contribution is -2.52. The van der Waals surface area contributed by atoms with E-state index < -0.39 is 10.2 Å². The van der Waals surface area contributed by atoms with Crippen LogP contribution in [0.25, 0.3) is 10.2 Å². The molecule has 26 heavy (non-hydrogen) atoms. The van der Waals surface area contributed by atoms with Gasteiger partial charge < -0.3 is 0 Å². The molecule has 0 bridgehead atoms. The zero-order valence-electron chi connectivity index (χ0n) is 15.0. The molecule has 2 saturated heterocycles. The first kappa shape index (κ1) is 18.3. The number of piperazine rings is 1. The van der Waals surface area contributed by atoms with Crippen molar-refractivity contribution < 1.29 is 8.42 Å². The number of nitrogens with zero attached hydrogens (tertiary/aromatic N) is 4. The van der Waals surface area contributed by atoms with Crippen molar-refractivity contribution in [2.75, 3.05) is 39.3 Å². The molecule has 3 heterocycles. The second-order valence-corrected chi connectivity index (χ2v) is 10.1. The molecule has 1 aromatic heterocycles. The van der Waals surface area contributed by atoms with Crippen molar-refractivity contribution in [2.24, 2.45) is 0 Å². The van der Waals surface area contributed by atoms with Crippen molar-refractivity contribution >= 4 is 31.8 Å². The summed E-state index contributed by atoms with van der Waals surface area (Å²) >= 11 is 1.73. The van der Waals surface area contributed by atoms with E-state index >= 15 is 0 Å². The molecule has 0 amide bonds. The molecule has 6 nitrogen and oxygen atoms in total. The van der Waals surface area contributed by atoms with E-state index in [0.717, 1.165) is 55.8 Å². The van der Waals surface area contributed by atoms with Crippen LogP contribution in [-0.2, 0) is 16.8 Å². The second kappa shape index (κ2) is 7.90. The lowest BCUT2D eigenvalue weighted by molar-refractivity contribution is 0.175. The number of fused-ring (bicyclic) bond motifs is 1. The fourth-order valence-corrected chi connectivity index (χ4v) is 6.41. The largest absolute Gasteiger partial charge is 0.294 e. The quantitative estimate of drug-likeness (QED) is 0.800. The van der Waals surface area contributed by atoms with Gasteiger partial charge in [-0.05, 0) is 25.0 Å². The highest BCUT2D eigenvalue weighted by Crippen LogP contribution is 2.24. The minimum absolute atomic E-state index is 0.573. The summed E-state index contributed by atoms with van der Waals surface area (Å²) in [6.45, 7) is 4.83. The van der Waals surface area contributed by atoms with E-state index in [4.69, 9.17) is 4.98 Å². The Morgan fingerprint density at radius 2 is 1.54 bits per heavy atom. The first-order chi connectivity index (χ1) is 12.6. The average Bonchev–Trinajstić information content (AvgIpc) is 2.85. The van der Waals surface area contributed by atoms with Crippen LogP contribution >= 0.6 is 11.3 Å². The van der Waals surface area contributed by atoms with Gasteiger partial charge in [0.25, 0.3) is 10.2 Å². The van der Waals surface area contributed by atoms with E-state index in [9.17, 15) is 8.42 Å². The molecule has 8 heteroatoms. The van der Waals surface area contributed by atoms with E-state index in [0.29, 0.717) is 26.2 Å². The summed E-state index contributed by atoms with van der Waals surface area (Å²) in [5.74, 6) is 0. The number of aromatic nitrogens is 1. The van der Waals surface area contributed by atoms with Crippen molar-refractivity contribution in [1.29, 1.82) is 0 Å². The number of para-hydroxylation sites is 1. The van der Waals surface area contributed by atoms with Gasteiger partial charge in [0.15, 0.2) is 0 Å². The fourth-order valence-electron chi connectivity index (χ4n) is 3.73. The highest BCUT2D eigenvalue weighted by atomic mass is 32.2. The molecule has 0 radical (unpaired) electrons. The van der Waals surface area contributed by atoms with Gasteiger partial charge in [-0.15, -0.1) is 11.3 Å². The summed E-state index contributed by atoms with van der Waals surface area (Å²) in [6.07, 6.45) is 4.25. The van der Waals surface area contributed by atoms with Gasteiger partial charge >= 0.3 is 0 Å². The average molecular weight is 395 g/mol. The Kier molecular flexibility index (Phi) is 5.56. The summed E-state index contributed by atoms with van der Waals surface area (Å²) in [7, 11) is -3.30. The lowest BCUT2D eigenvalue weighted by Gasteiger charge is -2.36. The van der Waals surface area contributed by atoms with Crippen LogP contribution in [0.1, 0.15) is 30.7 Å². The first-order valence-electron chi connectivity index (χ1n) is 9.45. The second-order valence-electron chi connectivity index (χ2n) is 7.07. The molecule has 142 valence electrons. The van der Waals surface area contributed by atoms with Crippen LogP contribution in [0.15, 0.2) is 24.3 Å². The van der Waals surface area contributed by atoms with Gasteiger partial charge in [0.1, 0.15) is 5.01 Å². The van der Waals surface area contributed by atoms with Gasteiger partial charge in [0.05, 0.1) is 16.8 Å². The Balaban J connectivity index is 1.36. The smallest absolute Gasteiger partial charge is 0.282 e. The summed E-state index contributed by atoms with van der Waals surface area (Å²) < 4.78 is 30.4. The zero-order valence-corrected chi connectivity index (χ0v) is 16.6. The maximum absolute atomic E-state index is 12.9. The molecular formula is C18H26N4O2S2. The van der Waals surface area contributed by atoms with Crippen molar-refractivity contribution in [1.82, 2.24) is 18.5 Å². The fraction of sp³-hybridized carbons (Fsp3) is 0.611. The summed E-state index contributed by atoms with van der Waals surface area (Å²) in [4.78, 5) is 7.01. The Bertz CT molecular complexity index is 803. The maximum Gasteiger partial charge on any atom is 0.282 e. The first-order valence-corrected chi connectivity index (χ1v) is 11.7. The van der Waals surface area contributed by atoms with Crippen molar-refractivity contribution in [3.8, 4) is 0 Å². The minimum atomic E-state index is -3.30. The zero-order chi connectivity index (χ0) is 18.0. The molecule has 2 aliphatic rings. The van der Waals surface area contributed by atoms with Crippen LogP contribution in [0.2, 0.25) is 0 Å². The molecular weight excluding hydrogens is 368 g/mol. The number of hydrogen-bond donors (Lipinski definition) is 0. The number of hydrogen-bond acceptors (Lipinski definition) is 5. The molecule has 0 N–H and O–H groups in total. The SMILES string of the molecule is O=S(=O)(N1CCCCCC1)N1CCN(Cc2nc3ccccc3s2)CC1. The topological polar surface area (TPSA) is 56.8 Å². The third kappa shape index (κ3) is 3.94. The molecule has 0 atom stereocenters. The molecule has 2 aromatic rings. The third-order valence-electron chi connectivity index (χ3n) is 5.25. The molecule has 0 unspecified atom stereocenters. The van der Waals surface area contributed by atoms with E-state index in [2.05, 4.69) is 11.0 Å². The van der Waals surface area contributed by atoms with Crippen LogP contribution in [-0.4, -0.2) is 66.2 Å². The predicted octanol–water partition coefficient (Wildman–Crippen LogP) is 2.53. The van der Waals surface area contributed by atoms with Crippen LogP contribution in [0.5, 0.6) is 0 Å². The Hall–Kier alpha value is -1.06. The molecule has 4 rings (SSSR count). The lowest BCUT2D eigenvalue weighted by atomic mass is 10.2. The van der Waals surface area contributed by atoms with Crippen LogP contribution < -0.4 is 0 Å². The predicted molar refractivity (Wildman–Crippen MR) is 105 cm³/mol. The van der Waals surface area contributed by atoms with Gasteiger partial charge in [0.2, 0.25) is 0 Å². The summed E-state index contributed by atoms with van der Waals surface area (Å²) in [6, 6.07) is 8.19. The van der Waals surface area contributed by atoms with E-state index in [-0.39, 0.29) is 0 Å². The van der Waals surface area contributed by atoms with Gasteiger partial charge in [-0.2, -0.15) is 17.0 Å². The van der Waals surface area contributed by atoms with Gasteiger partial charge in [-0.1, -0.05) is 25.0 Å². The molecule has 2 fully saturated rings. The molecule has 0 aliphatic carbocycles. The van der Waals surface area contributed by atoms with Crippen molar-refractivity contribution in [3.05, 3.63) is 29.3 Å². The number of benzene rings is 1. The minimum Gasteiger partial charge on any atom is -0.294 e. The highest BCUT2D eigenvalue weighted by molar-refractivity contribution is 7.86. The van der Waals surface area contributed by atoms with Gasteiger partial charge in [0, 0.05) is 39.3 Å². The van der Waals surface area contributed by atoms with E-state index in [1.54, 1.807) is 19.9 Å². The standard InChI is InChI=1S/C18H26N4O2S2/c23-26(24,21-9-5-1-2-6-10-21)22-13-11-20(12-14-22)15-18-19-16-7-3-4-8-17(16)25-18/h3-4,7-8H,1-2,5-6,9-15H2. The third-order valence-corrected chi connectivity index (χ3v) is 8.30.